The zero-order valence-electron chi connectivity index (χ0n) is 24.8. The first-order valence-corrected chi connectivity index (χ1v) is 13.9. The molecule has 0 saturated carbocycles. The predicted octanol–water partition coefficient (Wildman–Crippen LogP) is 8.87. The Labute approximate surface area is 246 Å². The molecule has 2 amide bonds. The summed E-state index contributed by atoms with van der Waals surface area (Å²) in [6.07, 6.45) is -1.08. The minimum absolute atomic E-state index is 0.540. The largest absolute Gasteiger partial charge is 0.442 e. The Kier molecular flexibility index (Phi) is 7.56. The second kappa shape index (κ2) is 11.1. The van der Waals surface area contributed by atoms with E-state index in [2.05, 4.69) is 10.9 Å². The summed E-state index contributed by atoms with van der Waals surface area (Å²) in [4.78, 5) is 27.0. The van der Waals surface area contributed by atoms with Crippen LogP contribution in [0.1, 0.15) is 41.5 Å². The highest BCUT2D eigenvalue weighted by molar-refractivity contribution is 5.93. The number of hydrazine groups is 2. The fourth-order valence-electron chi connectivity index (χ4n) is 4.49. The van der Waals surface area contributed by atoms with E-state index in [-0.39, 0.29) is 0 Å². The van der Waals surface area contributed by atoms with Gasteiger partial charge in [-0.3, -0.25) is 10.9 Å². The molecule has 0 aromatic heterocycles. The van der Waals surface area contributed by atoms with Crippen molar-refractivity contribution >= 4 is 34.9 Å². The van der Waals surface area contributed by atoms with Crippen LogP contribution >= 0.6 is 0 Å². The normalized spacial score (nSPS) is 13.0. The van der Waals surface area contributed by atoms with E-state index in [9.17, 15) is 9.59 Å². The van der Waals surface area contributed by atoms with Crippen molar-refractivity contribution in [3.63, 3.8) is 0 Å². The molecule has 1 heterocycles. The van der Waals surface area contributed by atoms with Crippen LogP contribution < -0.4 is 20.9 Å². The molecule has 5 rings (SSSR count). The maximum Gasteiger partial charge on any atom is 0.433 e. The smallest absolute Gasteiger partial charge is 0.433 e. The minimum atomic E-state index is -0.694. The second-order valence-corrected chi connectivity index (χ2v) is 12.1. The molecule has 1 aliphatic heterocycles. The van der Waals surface area contributed by atoms with Crippen LogP contribution in [0, 0.1) is 0 Å². The third-order valence-electron chi connectivity index (χ3n) is 6.23. The van der Waals surface area contributed by atoms with Crippen molar-refractivity contribution in [1.82, 2.24) is 0 Å². The van der Waals surface area contributed by atoms with Gasteiger partial charge in [0.05, 0.1) is 22.7 Å². The summed E-state index contributed by atoms with van der Waals surface area (Å²) in [5.41, 5.74) is 11.2. The van der Waals surface area contributed by atoms with Crippen molar-refractivity contribution in [1.29, 1.82) is 0 Å². The lowest BCUT2D eigenvalue weighted by Gasteiger charge is -2.29. The van der Waals surface area contributed by atoms with Crippen LogP contribution in [0.5, 0.6) is 0 Å². The number of nitrogens with one attached hydrogen (secondary N) is 2. The van der Waals surface area contributed by atoms with Gasteiger partial charge in [-0.05, 0) is 112 Å². The lowest BCUT2D eigenvalue weighted by molar-refractivity contribution is 0.0578. The lowest BCUT2D eigenvalue weighted by Crippen LogP contribution is -2.40. The van der Waals surface area contributed by atoms with E-state index >= 15 is 0 Å². The zero-order valence-corrected chi connectivity index (χ0v) is 24.8. The zero-order chi connectivity index (χ0) is 30.1. The molecule has 0 spiro atoms. The van der Waals surface area contributed by atoms with Crippen molar-refractivity contribution in [2.45, 2.75) is 52.7 Å². The first kappa shape index (κ1) is 28.5. The number of anilines is 4. The number of benzene rings is 4. The number of amides is 2. The molecule has 0 fully saturated rings. The average Bonchev–Trinajstić information content (AvgIpc) is 2.93. The molecular weight excluding hydrogens is 528 g/mol. The topological polar surface area (TPSA) is 83.1 Å². The summed E-state index contributed by atoms with van der Waals surface area (Å²) in [6, 6.07) is 30.7. The Morgan fingerprint density at radius 3 is 1.21 bits per heavy atom. The fourth-order valence-corrected chi connectivity index (χ4v) is 4.49. The second-order valence-electron chi connectivity index (χ2n) is 12.1. The summed E-state index contributed by atoms with van der Waals surface area (Å²) < 4.78 is 11.5. The van der Waals surface area contributed by atoms with E-state index in [1.807, 2.05) is 139 Å². The molecule has 0 atom stereocenters. The van der Waals surface area contributed by atoms with Crippen LogP contribution in [0.15, 0.2) is 97.1 Å². The van der Waals surface area contributed by atoms with Gasteiger partial charge in [0.25, 0.3) is 0 Å². The first-order chi connectivity index (χ1) is 19.8. The number of hydrogen-bond acceptors (Lipinski definition) is 6. The third kappa shape index (κ3) is 6.83. The Balaban J connectivity index is 1.69. The van der Waals surface area contributed by atoms with Crippen molar-refractivity contribution in [3.8, 4) is 22.3 Å². The molecule has 0 unspecified atom stereocenters. The number of hydrogen-bond donors (Lipinski definition) is 2. The number of nitrogens with zero attached hydrogens (tertiary/aromatic N) is 2. The van der Waals surface area contributed by atoms with Gasteiger partial charge in [0.1, 0.15) is 11.2 Å². The van der Waals surface area contributed by atoms with Crippen LogP contribution in [0.25, 0.3) is 22.3 Å². The quantitative estimate of drug-likeness (QED) is 0.222. The van der Waals surface area contributed by atoms with E-state index < -0.39 is 23.4 Å². The van der Waals surface area contributed by atoms with Crippen molar-refractivity contribution in [2.75, 3.05) is 20.9 Å². The van der Waals surface area contributed by atoms with E-state index in [0.29, 0.717) is 22.7 Å². The van der Waals surface area contributed by atoms with Gasteiger partial charge >= 0.3 is 12.2 Å². The minimum Gasteiger partial charge on any atom is -0.442 e. The van der Waals surface area contributed by atoms with Gasteiger partial charge in [0.15, 0.2) is 0 Å². The molecule has 8 heteroatoms. The maximum absolute atomic E-state index is 13.5. The first-order valence-electron chi connectivity index (χ1n) is 13.9. The molecule has 4 aromatic rings. The molecular formula is C34H36N4O4. The molecule has 8 bridgehead atoms. The van der Waals surface area contributed by atoms with Crippen molar-refractivity contribution in [2.24, 2.45) is 0 Å². The molecule has 0 radical (unpaired) electrons. The standard InChI is InChI=1S/C34H36N4O4/c1-33(2,3)41-31(39)37-29-17-9-13-25(21-29)26-14-10-18-30(22-26)38(32(40)42-34(4,5)6)36-28-16-8-12-24(20-28)23-11-7-15-27(19-23)35-37/h7-22,35-36H,1-6H3. The van der Waals surface area contributed by atoms with Gasteiger partial charge in [-0.1, -0.05) is 48.5 Å². The van der Waals surface area contributed by atoms with Gasteiger partial charge in [-0.25, -0.2) is 9.59 Å². The number of carbonyl (C=O) groups excluding carboxylic acids is 2. The molecule has 42 heavy (non-hydrogen) atoms. The molecule has 216 valence electrons. The lowest BCUT2D eigenvalue weighted by atomic mass is 10.0. The highest BCUT2D eigenvalue weighted by Crippen LogP contribution is 2.32. The van der Waals surface area contributed by atoms with Crippen LogP contribution in [0.4, 0.5) is 32.3 Å². The van der Waals surface area contributed by atoms with Gasteiger partial charge in [0.2, 0.25) is 0 Å². The van der Waals surface area contributed by atoms with Gasteiger partial charge in [-0.15, -0.1) is 0 Å². The average molecular weight is 565 g/mol. The maximum atomic E-state index is 13.5. The Hall–Kier alpha value is -4.98. The molecule has 0 aliphatic carbocycles. The van der Waals surface area contributed by atoms with Crippen LogP contribution in [0.3, 0.4) is 0 Å². The SMILES string of the molecule is CC(C)(C)OC(=O)N1Nc2cccc(c2)-c2cccc(c2)NN(C(=O)OC(C)(C)C)c2cccc(c2)-c2cccc1c2. The molecule has 0 saturated heterocycles. The monoisotopic (exact) mass is 564 g/mol. The summed E-state index contributed by atoms with van der Waals surface area (Å²) in [7, 11) is 0. The van der Waals surface area contributed by atoms with Gasteiger partial charge in [0, 0.05) is 0 Å². The number of rotatable bonds is 0. The number of carbonyl (C=O) groups is 2. The Bertz CT molecular complexity index is 1500. The van der Waals surface area contributed by atoms with E-state index in [4.69, 9.17) is 9.47 Å². The summed E-state index contributed by atoms with van der Waals surface area (Å²) >= 11 is 0. The van der Waals surface area contributed by atoms with E-state index in [1.165, 1.54) is 10.0 Å². The summed E-state index contributed by atoms with van der Waals surface area (Å²) in [5.74, 6) is 0. The van der Waals surface area contributed by atoms with Crippen molar-refractivity contribution < 1.29 is 19.1 Å². The molecule has 8 nitrogen and oxygen atoms in total. The highest BCUT2D eigenvalue weighted by atomic mass is 16.6. The highest BCUT2D eigenvalue weighted by Gasteiger charge is 2.26. The summed E-state index contributed by atoms with van der Waals surface area (Å²) in [6.45, 7) is 11.0. The van der Waals surface area contributed by atoms with Crippen LogP contribution in [-0.2, 0) is 9.47 Å². The van der Waals surface area contributed by atoms with Crippen molar-refractivity contribution in [3.05, 3.63) is 97.1 Å². The Morgan fingerprint density at radius 2 is 0.857 bits per heavy atom. The molecule has 4 aromatic carbocycles. The number of fused-ring (bicyclic) bond motifs is 10. The Morgan fingerprint density at radius 1 is 0.524 bits per heavy atom. The third-order valence-corrected chi connectivity index (χ3v) is 6.23. The van der Waals surface area contributed by atoms with Gasteiger partial charge in [-0.2, -0.15) is 10.0 Å². The van der Waals surface area contributed by atoms with Crippen LogP contribution in [-0.4, -0.2) is 23.4 Å². The predicted molar refractivity (Wildman–Crippen MR) is 168 cm³/mol. The molecule has 2 N–H and O–H groups in total. The summed E-state index contributed by atoms with van der Waals surface area (Å²) in [5, 5.41) is 2.82. The fraction of sp³-hybridized carbons (Fsp3) is 0.235. The van der Waals surface area contributed by atoms with Crippen LogP contribution in [0.2, 0.25) is 0 Å². The van der Waals surface area contributed by atoms with E-state index in [0.717, 1.165) is 22.3 Å². The number of ether oxygens (including phenoxy) is 2. The molecule has 1 aliphatic rings. The van der Waals surface area contributed by atoms with Gasteiger partial charge < -0.3 is 9.47 Å². The van der Waals surface area contributed by atoms with E-state index in [1.54, 1.807) is 0 Å².